The molecular formula is C124H82N2O2Si2. The number of aromatic nitrogens is 2. The second-order valence-corrected chi connectivity index (χ2v) is 43.3. The molecule has 4 bridgehead atoms. The second-order valence-electron chi connectivity index (χ2n) is 35.7. The summed E-state index contributed by atoms with van der Waals surface area (Å²) < 4.78 is 17.8. The van der Waals surface area contributed by atoms with Crippen LogP contribution in [0.1, 0.15) is 90.4 Å². The smallest absolute Gasteiger partial charge is 0.179 e. The highest BCUT2D eigenvalue weighted by molar-refractivity contribution is 7.20. The van der Waals surface area contributed by atoms with E-state index in [2.05, 4.69) is 470 Å². The monoisotopic (exact) mass is 1690 g/mol. The van der Waals surface area contributed by atoms with E-state index in [1.54, 1.807) is 0 Å². The van der Waals surface area contributed by atoms with Gasteiger partial charge in [0.2, 0.25) is 0 Å². The van der Waals surface area contributed by atoms with Gasteiger partial charge in [-0.3, -0.25) is 0 Å². The summed E-state index contributed by atoms with van der Waals surface area (Å²) in [5.74, 6) is 0.784. The van der Waals surface area contributed by atoms with E-state index in [0.29, 0.717) is 0 Å². The summed E-state index contributed by atoms with van der Waals surface area (Å²) in [5, 5.41) is 20.6. The zero-order valence-electron chi connectivity index (χ0n) is 71.1. The SMILES string of the molecule is c1ccc([Si](c2ccccc2)(c2cccc(-c3ccc4oc5ccccc5c4c3)c2)c2cccc(-n3c4ccccc4c4c5c(ccc43)C3c4ccccc4C5c4ccccc43)c2)cc1.c1ccc([Si](c2ccccc2)(c2cccc(-c3cccc4oc5ccccc5c34)c2)c2cccc(-n3c4ccccc4c4c5c(ccc43)C3c4ccccc4C5c4ccccc43)c2)cc1. The second kappa shape index (κ2) is 29.3. The zero-order chi connectivity index (χ0) is 85.3. The number of benzene rings is 20. The Morgan fingerprint density at radius 3 is 0.962 bits per heavy atom. The molecule has 4 nitrogen and oxygen atoms in total. The molecule has 0 saturated heterocycles. The van der Waals surface area contributed by atoms with Crippen LogP contribution >= 0.6 is 0 Å². The molecule has 0 unspecified atom stereocenters. The number of fused-ring (bicyclic) bond motifs is 12. The van der Waals surface area contributed by atoms with Gasteiger partial charge in [0.05, 0.1) is 22.1 Å². The van der Waals surface area contributed by atoms with Gasteiger partial charge in [-0.25, -0.2) is 0 Å². The van der Waals surface area contributed by atoms with E-state index < -0.39 is 16.1 Å². The molecule has 0 spiro atoms. The molecule has 0 fully saturated rings. The summed E-state index contributed by atoms with van der Waals surface area (Å²) in [5.41, 5.74) is 33.0. The Hall–Kier alpha value is -16.0. The Morgan fingerprint density at radius 2 is 0.500 bits per heavy atom. The molecule has 4 heterocycles. The molecule has 6 heteroatoms. The maximum Gasteiger partial charge on any atom is 0.179 e. The van der Waals surface area contributed by atoms with Crippen LogP contribution in [0.2, 0.25) is 0 Å². The van der Waals surface area contributed by atoms with Crippen LogP contribution < -0.4 is 41.5 Å². The van der Waals surface area contributed by atoms with Gasteiger partial charge in [-0.2, -0.15) is 0 Å². The molecule has 24 aromatic rings. The molecule has 0 aliphatic heterocycles. The van der Waals surface area contributed by atoms with E-state index in [1.165, 1.54) is 185 Å². The third-order valence-corrected chi connectivity index (χ3v) is 38.9. The fraction of sp³-hybridized carbons (Fsp3) is 0.0323. The van der Waals surface area contributed by atoms with Crippen molar-refractivity contribution in [2.24, 2.45) is 0 Å². The Labute approximate surface area is 754 Å². The summed E-state index contributed by atoms with van der Waals surface area (Å²) in [6.07, 6.45) is 0. The molecule has 0 saturated carbocycles. The van der Waals surface area contributed by atoms with Crippen molar-refractivity contribution in [3.05, 3.63) is 540 Å². The lowest BCUT2D eigenvalue weighted by Crippen LogP contribution is -2.74. The highest BCUT2D eigenvalue weighted by Gasteiger charge is 2.48. The van der Waals surface area contributed by atoms with Gasteiger partial charge < -0.3 is 18.0 Å². The molecule has 0 atom stereocenters. The predicted molar refractivity (Wildman–Crippen MR) is 544 cm³/mol. The molecule has 6 aliphatic rings. The number of rotatable bonds is 12. The highest BCUT2D eigenvalue weighted by Crippen LogP contribution is 2.61. The van der Waals surface area contributed by atoms with Crippen LogP contribution in [0, 0.1) is 0 Å². The summed E-state index contributed by atoms with van der Waals surface area (Å²) in [6.45, 7) is 0. The Kier molecular flexibility index (Phi) is 16.7. The summed E-state index contributed by atoms with van der Waals surface area (Å²) in [7, 11) is -5.97. The first-order valence-electron chi connectivity index (χ1n) is 45.5. The number of furan rings is 2. The Morgan fingerprint density at radius 1 is 0.177 bits per heavy atom. The van der Waals surface area contributed by atoms with Crippen molar-refractivity contribution in [3.8, 4) is 33.6 Å². The Bertz CT molecular complexity index is 8560. The van der Waals surface area contributed by atoms with E-state index >= 15 is 0 Å². The minimum absolute atomic E-state index is 0.172. The molecule has 608 valence electrons. The third kappa shape index (κ3) is 10.8. The van der Waals surface area contributed by atoms with E-state index in [4.69, 9.17) is 8.83 Å². The topological polar surface area (TPSA) is 36.1 Å². The predicted octanol–water partition coefficient (Wildman–Crippen LogP) is 25.4. The number of para-hydroxylation sites is 4. The van der Waals surface area contributed by atoms with Gasteiger partial charge in [-0.1, -0.05) is 394 Å². The van der Waals surface area contributed by atoms with Crippen molar-refractivity contribution in [2.45, 2.75) is 23.7 Å². The quantitative estimate of drug-likeness (QED) is 0.0903. The van der Waals surface area contributed by atoms with Crippen molar-refractivity contribution in [2.75, 3.05) is 0 Å². The van der Waals surface area contributed by atoms with E-state index in [9.17, 15) is 0 Å². The van der Waals surface area contributed by atoms with Crippen LogP contribution in [-0.2, 0) is 0 Å². The molecule has 4 aromatic heterocycles. The Balaban J connectivity index is 0.000000134. The largest absolute Gasteiger partial charge is 0.456 e. The van der Waals surface area contributed by atoms with Crippen LogP contribution in [0.5, 0.6) is 0 Å². The molecule has 0 amide bonds. The van der Waals surface area contributed by atoms with E-state index in [1.807, 2.05) is 12.1 Å². The van der Waals surface area contributed by atoms with Crippen LogP contribution in [0.3, 0.4) is 0 Å². The van der Waals surface area contributed by atoms with Crippen LogP contribution in [-0.4, -0.2) is 25.3 Å². The first kappa shape index (κ1) is 74.3. The molecule has 0 radical (unpaired) electrons. The van der Waals surface area contributed by atoms with Crippen molar-refractivity contribution < 1.29 is 8.83 Å². The number of hydrogen-bond donors (Lipinski definition) is 0. The normalized spacial score (nSPS) is 15.1. The average molecular weight is 1690 g/mol. The lowest BCUT2D eigenvalue weighted by atomic mass is 9.60. The van der Waals surface area contributed by atoms with Crippen molar-refractivity contribution in [1.82, 2.24) is 9.13 Å². The van der Waals surface area contributed by atoms with Gasteiger partial charge in [0.1, 0.15) is 22.3 Å². The lowest BCUT2D eigenvalue weighted by molar-refractivity contribution is 0.668. The fourth-order valence-electron chi connectivity index (χ4n) is 24.3. The maximum atomic E-state index is 6.41. The molecule has 130 heavy (non-hydrogen) atoms. The van der Waals surface area contributed by atoms with Crippen molar-refractivity contribution in [1.29, 1.82) is 0 Å². The molecule has 0 N–H and O–H groups in total. The molecule has 20 aromatic carbocycles. The first-order chi connectivity index (χ1) is 64.5. The van der Waals surface area contributed by atoms with E-state index in [-0.39, 0.29) is 23.7 Å². The van der Waals surface area contributed by atoms with Gasteiger partial charge in [0, 0.05) is 78.1 Å². The van der Waals surface area contributed by atoms with E-state index in [0.717, 1.165) is 43.9 Å². The average Bonchev–Trinajstić information content (AvgIpc) is 1.35. The molecule has 30 rings (SSSR count). The van der Waals surface area contributed by atoms with Crippen LogP contribution in [0.25, 0.3) is 121 Å². The standard InChI is InChI=1S/2C62H41NOSi/c1-3-20-42(21-4-1)65(43-22-5-2-6-23-43,44-24-15-18-40(38-44)46-32-17-35-57-59(46)52-31-12-14-34-56(52)64-57)45-25-16-19-41(39-45)63-54-33-13-11-30-51(54)61-55(63)37-36-53-58-47-26-7-9-28-49(47)60(62(53)61)50-29-10-8-27-48(50)58;1-3-19-43(20-4-1)65(44-21-5-2-6-22-44,45-23-15-17-40(37-45)41-33-36-58-54(38-41)47-25-12-14-32-57(47)64-58)46-24-16-18-42(39-46)63-55-31-13-11-30-52(55)61-56(63)35-34-53-59-48-26-7-9-28-50(48)60(62(53)61)51-29-10-8-27-49(51)59/h1-39,58,60H;1-39,59-60H. The summed E-state index contributed by atoms with van der Waals surface area (Å²) in [4.78, 5) is 0. The number of nitrogens with zero attached hydrogens (tertiary/aromatic N) is 2. The van der Waals surface area contributed by atoms with Gasteiger partial charge in [0.15, 0.2) is 16.1 Å². The molecular weight excluding hydrogens is 1610 g/mol. The fourth-order valence-corrected chi connectivity index (χ4v) is 33.9. The van der Waals surface area contributed by atoms with Crippen LogP contribution in [0.4, 0.5) is 0 Å². The lowest BCUT2D eigenvalue weighted by Gasteiger charge is -2.42. The van der Waals surface area contributed by atoms with Gasteiger partial charge in [-0.05, 0) is 209 Å². The summed E-state index contributed by atoms with van der Waals surface area (Å²) >= 11 is 0. The number of hydrogen-bond acceptors (Lipinski definition) is 2. The maximum absolute atomic E-state index is 6.41. The summed E-state index contributed by atoms with van der Waals surface area (Å²) in [6, 6.07) is 177. The zero-order valence-corrected chi connectivity index (χ0v) is 73.1. The van der Waals surface area contributed by atoms with Gasteiger partial charge >= 0.3 is 0 Å². The minimum Gasteiger partial charge on any atom is -0.456 e. The molecule has 6 aliphatic carbocycles. The first-order valence-corrected chi connectivity index (χ1v) is 49.5. The highest BCUT2D eigenvalue weighted by atomic mass is 28.3. The van der Waals surface area contributed by atoms with Crippen molar-refractivity contribution in [3.63, 3.8) is 0 Å². The van der Waals surface area contributed by atoms with Gasteiger partial charge in [0.25, 0.3) is 0 Å². The minimum atomic E-state index is -3.00. The van der Waals surface area contributed by atoms with Gasteiger partial charge in [-0.15, -0.1) is 0 Å². The third-order valence-electron chi connectivity index (χ3n) is 29.4. The van der Waals surface area contributed by atoms with Crippen LogP contribution in [0.15, 0.2) is 482 Å². The van der Waals surface area contributed by atoms with Crippen molar-refractivity contribution >= 4 is 145 Å².